The molecule has 0 aromatic carbocycles. The zero-order valence-electron chi connectivity index (χ0n) is 10.8. The highest BCUT2D eigenvalue weighted by atomic mass is 16.4. The maximum Gasteiger partial charge on any atom is 0.307 e. The summed E-state index contributed by atoms with van der Waals surface area (Å²) in [4.78, 5) is 21.5. The van der Waals surface area contributed by atoms with Crippen molar-refractivity contribution >= 4 is 11.9 Å². The Hall–Kier alpha value is -1.65. The quantitative estimate of drug-likeness (QED) is 0.842. The Morgan fingerprint density at radius 2 is 1.65 bits per heavy atom. The van der Waals surface area contributed by atoms with Crippen LogP contribution in [0, 0.1) is 13.8 Å². The van der Waals surface area contributed by atoms with E-state index in [4.69, 9.17) is 5.11 Å². The standard InChI is InChI=1S/C12H19N3O2/c1-5-15(6-2)12-13-8(3)10(7-11(16)17)9(4)14-12/h5-7H2,1-4H3,(H,16,17). The van der Waals surface area contributed by atoms with Crippen molar-refractivity contribution in [2.45, 2.75) is 34.1 Å². The van der Waals surface area contributed by atoms with Crippen LogP contribution in [0.4, 0.5) is 5.95 Å². The lowest BCUT2D eigenvalue weighted by Crippen LogP contribution is -2.25. The fourth-order valence-electron chi connectivity index (χ4n) is 1.78. The van der Waals surface area contributed by atoms with Crippen LogP contribution >= 0.6 is 0 Å². The molecule has 1 heterocycles. The third-order valence-corrected chi connectivity index (χ3v) is 2.78. The molecule has 0 saturated carbocycles. The summed E-state index contributed by atoms with van der Waals surface area (Å²) in [6.45, 7) is 9.44. The largest absolute Gasteiger partial charge is 0.481 e. The molecular formula is C12H19N3O2. The number of hydrogen-bond acceptors (Lipinski definition) is 4. The second-order valence-corrected chi connectivity index (χ2v) is 3.92. The first-order valence-electron chi connectivity index (χ1n) is 5.80. The van der Waals surface area contributed by atoms with Gasteiger partial charge in [-0.05, 0) is 27.7 Å². The van der Waals surface area contributed by atoms with Crippen LogP contribution in [0.3, 0.4) is 0 Å². The number of aromatic nitrogens is 2. The van der Waals surface area contributed by atoms with E-state index >= 15 is 0 Å². The van der Waals surface area contributed by atoms with Crippen molar-refractivity contribution in [2.75, 3.05) is 18.0 Å². The van der Waals surface area contributed by atoms with Gasteiger partial charge >= 0.3 is 5.97 Å². The molecular weight excluding hydrogens is 218 g/mol. The van der Waals surface area contributed by atoms with Gasteiger partial charge in [0.25, 0.3) is 0 Å². The van der Waals surface area contributed by atoms with Crippen LogP contribution in [0.25, 0.3) is 0 Å². The van der Waals surface area contributed by atoms with Crippen molar-refractivity contribution in [3.63, 3.8) is 0 Å². The third-order valence-electron chi connectivity index (χ3n) is 2.78. The van der Waals surface area contributed by atoms with Crippen molar-refractivity contribution in [3.8, 4) is 0 Å². The van der Waals surface area contributed by atoms with Gasteiger partial charge in [0.2, 0.25) is 5.95 Å². The van der Waals surface area contributed by atoms with E-state index in [1.165, 1.54) is 0 Å². The number of nitrogens with zero attached hydrogens (tertiary/aromatic N) is 3. The molecule has 0 radical (unpaired) electrons. The summed E-state index contributed by atoms with van der Waals surface area (Å²) in [5.74, 6) is -0.172. The lowest BCUT2D eigenvalue weighted by atomic mass is 10.1. The minimum absolute atomic E-state index is 0.0177. The molecule has 5 heteroatoms. The van der Waals surface area contributed by atoms with Crippen molar-refractivity contribution in [3.05, 3.63) is 17.0 Å². The number of carboxylic acids is 1. The maximum absolute atomic E-state index is 10.7. The van der Waals surface area contributed by atoms with E-state index in [2.05, 4.69) is 9.97 Å². The van der Waals surface area contributed by atoms with Crippen molar-refractivity contribution in [1.29, 1.82) is 0 Å². The molecule has 17 heavy (non-hydrogen) atoms. The van der Waals surface area contributed by atoms with Crippen molar-refractivity contribution < 1.29 is 9.90 Å². The highest BCUT2D eigenvalue weighted by Gasteiger charge is 2.13. The predicted octanol–water partition coefficient (Wildman–Crippen LogP) is 1.57. The van der Waals surface area contributed by atoms with Gasteiger partial charge in [0.05, 0.1) is 6.42 Å². The zero-order valence-corrected chi connectivity index (χ0v) is 10.8. The summed E-state index contributed by atoms with van der Waals surface area (Å²) in [6.07, 6.45) is -0.0177. The fourth-order valence-corrected chi connectivity index (χ4v) is 1.78. The minimum atomic E-state index is -0.851. The zero-order chi connectivity index (χ0) is 13.0. The molecule has 0 fully saturated rings. The Morgan fingerprint density at radius 1 is 1.18 bits per heavy atom. The Balaban J connectivity index is 3.12. The third kappa shape index (κ3) is 3.15. The molecule has 0 amide bonds. The van der Waals surface area contributed by atoms with E-state index in [1.807, 2.05) is 32.6 Å². The van der Waals surface area contributed by atoms with Gasteiger partial charge in [-0.1, -0.05) is 0 Å². The van der Waals surface area contributed by atoms with Crippen LogP contribution in [0.1, 0.15) is 30.8 Å². The molecule has 0 spiro atoms. The second-order valence-electron chi connectivity index (χ2n) is 3.92. The summed E-state index contributed by atoms with van der Waals surface area (Å²) in [5, 5.41) is 8.82. The predicted molar refractivity (Wildman–Crippen MR) is 66.4 cm³/mol. The number of anilines is 1. The van der Waals surface area contributed by atoms with Gasteiger partial charge in [-0.15, -0.1) is 0 Å². The van der Waals surface area contributed by atoms with Crippen LogP contribution in [0.5, 0.6) is 0 Å². The van der Waals surface area contributed by atoms with Gasteiger partial charge in [0, 0.05) is 30.0 Å². The van der Waals surface area contributed by atoms with Crippen LogP contribution < -0.4 is 4.90 Å². The number of aryl methyl sites for hydroxylation is 2. The normalized spacial score (nSPS) is 10.4. The fraction of sp³-hybridized carbons (Fsp3) is 0.583. The smallest absolute Gasteiger partial charge is 0.307 e. The average molecular weight is 237 g/mol. The molecule has 0 aliphatic heterocycles. The highest BCUT2D eigenvalue weighted by Crippen LogP contribution is 2.16. The van der Waals surface area contributed by atoms with Crippen LogP contribution in [0.15, 0.2) is 0 Å². The van der Waals surface area contributed by atoms with Crippen LogP contribution in [-0.2, 0) is 11.2 Å². The Kier molecular flexibility index (Phi) is 4.43. The van der Waals surface area contributed by atoms with Gasteiger partial charge in [-0.2, -0.15) is 0 Å². The van der Waals surface area contributed by atoms with E-state index in [1.54, 1.807) is 0 Å². The minimum Gasteiger partial charge on any atom is -0.481 e. The lowest BCUT2D eigenvalue weighted by Gasteiger charge is -2.20. The van der Waals surface area contributed by atoms with Crippen LogP contribution in [-0.4, -0.2) is 34.1 Å². The van der Waals surface area contributed by atoms with Gasteiger partial charge in [-0.25, -0.2) is 9.97 Å². The highest BCUT2D eigenvalue weighted by molar-refractivity contribution is 5.71. The molecule has 1 rings (SSSR count). The first-order valence-corrected chi connectivity index (χ1v) is 5.80. The summed E-state index contributed by atoms with van der Waals surface area (Å²) < 4.78 is 0. The molecule has 0 aliphatic carbocycles. The summed E-state index contributed by atoms with van der Waals surface area (Å²) in [6, 6.07) is 0. The number of aliphatic carboxylic acids is 1. The molecule has 0 bridgehead atoms. The monoisotopic (exact) mass is 237 g/mol. The van der Waals surface area contributed by atoms with E-state index in [9.17, 15) is 4.79 Å². The SMILES string of the molecule is CCN(CC)c1nc(C)c(CC(=O)O)c(C)n1. The Bertz CT molecular complexity index is 391. The molecule has 5 nitrogen and oxygen atoms in total. The maximum atomic E-state index is 10.7. The van der Waals surface area contributed by atoms with Crippen molar-refractivity contribution in [1.82, 2.24) is 9.97 Å². The summed E-state index contributed by atoms with van der Waals surface area (Å²) in [5.41, 5.74) is 2.22. The second kappa shape index (κ2) is 5.61. The average Bonchev–Trinajstić information content (AvgIpc) is 2.25. The van der Waals surface area contributed by atoms with E-state index < -0.39 is 5.97 Å². The summed E-state index contributed by atoms with van der Waals surface area (Å²) in [7, 11) is 0. The number of rotatable bonds is 5. The van der Waals surface area contributed by atoms with Crippen molar-refractivity contribution in [2.24, 2.45) is 0 Å². The number of hydrogen-bond donors (Lipinski definition) is 1. The van der Waals surface area contributed by atoms with Gasteiger partial charge in [-0.3, -0.25) is 4.79 Å². The summed E-state index contributed by atoms with van der Waals surface area (Å²) >= 11 is 0. The van der Waals surface area contributed by atoms with Gasteiger partial charge < -0.3 is 10.0 Å². The molecule has 1 aromatic heterocycles. The first-order chi connectivity index (χ1) is 7.99. The van der Waals surface area contributed by atoms with E-state index in [-0.39, 0.29) is 6.42 Å². The number of carboxylic acid groups (broad SMARTS) is 1. The lowest BCUT2D eigenvalue weighted by molar-refractivity contribution is -0.136. The van der Waals surface area contributed by atoms with E-state index in [0.717, 1.165) is 24.5 Å². The molecule has 0 atom stereocenters. The molecule has 94 valence electrons. The molecule has 1 N–H and O–H groups in total. The topological polar surface area (TPSA) is 66.3 Å². The molecule has 0 aliphatic rings. The molecule has 0 unspecified atom stereocenters. The van der Waals surface area contributed by atoms with Gasteiger partial charge in [0.1, 0.15) is 0 Å². The molecule has 1 aromatic rings. The number of carbonyl (C=O) groups is 1. The van der Waals surface area contributed by atoms with Crippen LogP contribution in [0.2, 0.25) is 0 Å². The van der Waals surface area contributed by atoms with Gasteiger partial charge in [0.15, 0.2) is 0 Å². The molecule has 0 saturated heterocycles. The first kappa shape index (κ1) is 13.4. The Morgan fingerprint density at radius 3 is 2.00 bits per heavy atom. The Labute approximate surface area is 102 Å². The van der Waals surface area contributed by atoms with E-state index in [0.29, 0.717) is 11.5 Å².